The number of rotatable bonds is 10. The molecule has 0 radical (unpaired) electrons. The Bertz CT molecular complexity index is 923. The normalized spacial score (nSPS) is 12.0. The summed E-state index contributed by atoms with van der Waals surface area (Å²) in [5.41, 5.74) is 1.95. The van der Waals surface area contributed by atoms with Crippen LogP contribution in [0.3, 0.4) is 0 Å². The molecule has 3 aromatic rings. The Labute approximate surface area is 174 Å². The van der Waals surface area contributed by atoms with E-state index in [0.717, 1.165) is 16.9 Å². The topological polar surface area (TPSA) is 85.5 Å². The highest BCUT2D eigenvalue weighted by molar-refractivity contribution is 6.30. The number of aliphatic hydroxyl groups is 1. The van der Waals surface area contributed by atoms with E-state index in [4.69, 9.17) is 25.9 Å². The highest BCUT2D eigenvalue weighted by Crippen LogP contribution is 2.26. The van der Waals surface area contributed by atoms with Gasteiger partial charge in [0.05, 0.1) is 13.7 Å². The Balaban J connectivity index is 1.75. The average molecular weight is 415 g/mol. The Morgan fingerprint density at radius 1 is 1.10 bits per heavy atom. The summed E-state index contributed by atoms with van der Waals surface area (Å²) in [4.78, 5) is 12.7. The fraction of sp³-hybridized carbons (Fsp3) is 0.318. The molecule has 0 spiro atoms. The van der Waals surface area contributed by atoms with Gasteiger partial charge in [-0.15, -0.1) is 10.2 Å². The number of aliphatic hydroxyl groups excluding tert-OH is 1. The highest BCUT2D eigenvalue weighted by atomic mass is 35.5. The molecule has 0 bridgehead atoms. The Morgan fingerprint density at radius 2 is 1.79 bits per heavy atom. The molecule has 2 aromatic carbocycles. The smallest absolute Gasteiger partial charge is 0.220 e. The molecule has 7 heteroatoms. The lowest BCUT2D eigenvalue weighted by atomic mass is 9.92. The number of methoxy groups -OCH3 is 1. The molecule has 0 amide bonds. The summed E-state index contributed by atoms with van der Waals surface area (Å²) in [6.07, 6.45) is 1.46. The van der Waals surface area contributed by atoms with Crippen molar-refractivity contribution in [3.63, 3.8) is 0 Å². The molecule has 1 heterocycles. The number of aromatic nitrogens is 2. The number of ether oxygens (including phenoxy) is 1. The van der Waals surface area contributed by atoms with Crippen LogP contribution < -0.4 is 4.74 Å². The average Bonchev–Trinajstić information content (AvgIpc) is 3.19. The number of benzene rings is 2. The first-order valence-corrected chi connectivity index (χ1v) is 9.77. The Hall–Kier alpha value is -2.70. The van der Waals surface area contributed by atoms with Crippen LogP contribution in [0.4, 0.5) is 0 Å². The van der Waals surface area contributed by atoms with Crippen molar-refractivity contribution in [2.24, 2.45) is 0 Å². The third-order valence-electron chi connectivity index (χ3n) is 4.59. The van der Waals surface area contributed by atoms with E-state index in [0.29, 0.717) is 36.1 Å². The minimum atomic E-state index is -0.247. The van der Waals surface area contributed by atoms with E-state index in [-0.39, 0.29) is 24.7 Å². The van der Waals surface area contributed by atoms with Gasteiger partial charge in [-0.3, -0.25) is 4.79 Å². The molecular formula is C22H23ClN2O4. The van der Waals surface area contributed by atoms with Gasteiger partial charge in [0.1, 0.15) is 11.5 Å². The van der Waals surface area contributed by atoms with Crippen LogP contribution in [-0.4, -0.2) is 34.8 Å². The molecule has 6 nitrogen and oxygen atoms in total. The minimum Gasteiger partial charge on any atom is -0.497 e. The van der Waals surface area contributed by atoms with Crippen molar-refractivity contribution in [2.75, 3.05) is 13.7 Å². The summed E-state index contributed by atoms with van der Waals surface area (Å²) in [6, 6.07) is 14.9. The molecule has 1 N–H and O–H groups in total. The minimum absolute atomic E-state index is 0.0692. The van der Waals surface area contributed by atoms with Crippen LogP contribution in [0.2, 0.25) is 5.02 Å². The van der Waals surface area contributed by atoms with Gasteiger partial charge in [0.15, 0.2) is 0 Å². The van der Waals surface area contributed by atoms with Crippen molar-refractivity contribution in [3.8, 4) is 5.75 Å². The molecule has 152 valence electrons. The van der Waals surface area contributed by atoms with Crippen LogP contribution in [-0.2, 0) is 24.1 Å². The molecule has 0 aliphatic rings. The number of ketones is 1. The quantitative estimate of drug-likeness (QED) is 0.543. The van der Waals surface area contributed by atoms with Gasteiger partial charge in [-0.25, -0.2) is 0 Å². The van der Waals surface area contributed by atoms with Crippen LogP contribution in [0.1, 0.15) is 35.2 Å². The van der Waals surface area contributed by atoms with E-state index >= 15 is 0 Å². The zero-order chi connectivity index (χ0) is 20.6. The maximum absolute atomic E-state index is 12.7. The molecule has 0 unspecified atom stereocenters. The predicted octanol–water partition coefficient (Wildman–Crippen LogP) is 3.79. The first-order valence-electron chi connectivity index (χ1n) is 9.39. The van der Waals surface area contributed by atoms with E-state index in [1.807, 2.05) is 36.4 Å². The van der Waals surface area contributed by atoms with Crippen molar-refractivity contribution in [3.05, 3.63) is 76.5 Å². The first kappa shape index (κ1) is 21.0. The van der Waals surface area contributed by atoms with Crippen LogP contribution in [0, 0.1) is 0 Å². The fourth-order valence-electron chi connectivity index (χ4n) is 3.10. The number of Topliss-reactive ketones (excluding diaryl/α,β-unsaturated/α-hetero) is 1. The summed E-state index contributed by atoms with van der Waals surface area (Å²) in [7, 11) is 1.62. The number of hydrogen-bond acceptors (Lipinski definition) is 6. The van der Waals surface area contributed by atoms with Crippen LogP contribution in [0.15, 0.2) is 52.9 Å². The highest BCUT2D eigenvalue weighted by Gasteiger charge is 2.23. The molecular weight excluding hydrogens is 392 g/mol. The van der Waals surface area contributed by atoms with Crippen molar-refractivity contribution >= 4 is 17.4 Å². The lowest BCUT2D eigenvalue weighted by Gasteiger charge is -2.13. The first-order chi connectivity index (χ1) is 14.1. The third-order valence-corrected chi connectivity index (χ3v) is 4.84. The van der Waals surface area contributed by atoms with Crippen molar-refractivity contribution in [1.29, 1.82) is 0 Å². The predicted molar refractivity (Wildman–Crippen MR) is 109 cm³/mol. The van der Waals surface area contributed by atoms with E-state index in [1.165, 1.54) is 0 Å². The summed E-state index contributed by atoms with van der Waals surface area (Å²) >= 11 is 5.91. The monoisotopic (exact) mass is 414 g/mol. The van der Waals surface area contributed by atoms with Gasteiger partial charge in [0, 0.05) is 30.2 Å². The van der Waals surface area contributed by atoms with Gasteiger partial charge >= 0.3 is 0 Å². The molecule has 29 heavy (non-hydrogen) atoms. The largest absolute Gasteiger partial charge is 0.497 e. The lowest BCUT2D eigenvalue weighted by Crippen LogP contribution is -2.12. The van der Waals surface area contributed by atoms with Crippen LogP contribution >= 0.6 is 11.6 Å². The summed E-state index contributed by atoms with van der Waals surface area (Å²) in [5, 5.41) is 17.8. The van der Waals surface area contributed by atoms with Crippen molar-refractivity contribution < 1.29 is 19.1 Å². The van der Waals surface area contributed by atoms with Crippen molar-refractivity contribution in [2.45, 2.75) is 31.6 Å². The van der Waals surface area contributed by atoms with Crippen molar-refractivity contribution in [1.82, 2.24) is 10.2 Å². The van der Waals surface area contributed by atoms with E-state index < -0.39 is 0 Å². The van der Waals surface area contributed by atoms with E-state index in [2.05, 4.69) is 10.2 Å². The molecule has 1 atom stereocenters. The number of carbonyl (C=O) groups is 1. The molecule has 1 aromatic heterocycles. The summed E-state index contributed by atoms with van der Waals surface area (Å²) in [5.74, 6) is 1.38. The number of halogens is 1. The van der Waals surface area contributed by atoms with Gasteiger partial charge in [-0.1, -0.05) is 35.9 Å². The second-order valence-corrected chi connectivity index (χ2v) is 7.24. The lowest BCUT2D eigenvalue weighted by molar-refractivity contribution is -0.118. The van der Waals surface area contributed by atoms with Gasteiger partial charge in [0.25, 0.3) is 0 Å². The standard InChI is InChI=1S/C22H23ClN2O4/c1-28-20-8-4-15(5-9-20)12-17(22-25-24-21(29-22)10-11-26)14-19(27)13-16-2-6-18(23)7-3-16/h2-9,17,26H,10-14H2,1H3/t17-/m1/s1. The second kappa shape index (κ2) is 10.2. The third kappa shape index (κ3) is 6.14. The molecule has 3 rings (SSSR count). The maximum atomic E-state index is 12.7. The molecule has 0 aliphatic carbocycles. The van der Waals surface area contributed by atoms with Gasteiger partial charge in [0.2, 0.25) is 11.8 Å². The zero-order valence-corrected chi connectivity index (χ0v) is 16.9. The fourth-order valence-corrected chi connectivity index (χ4v) is 3.22. The Morgan fingerprint density at radius 3 is 2.45 bits per heavy atom. The second-order valence-electron chi connectivity index (χ2n) is 6.80. The van der Waals surface area contributed by atoms with Crippen LogP contribution in [0.25, 0.3) is 0 Å². The van der Waals surface area contributed by atoms with E-state index in [1.54, 1.807) is 19.2 Å². The number of hydrogen-bond donors (Lipinski definition) is 1. The molecule has 0 fully saturated rings. The van der Waals surface area contributed by atoms with E-state index in [9.17, 15) is 4.79 Å². The van der Waals surface area contributed by atoms with Gasteiger partial charge in [-0.2, -0.15) is 0 Å². The summed E-state index contributed by atoms with van der Waals surface area (Å²) < 4.78 is 10.9. The molecule has 0 saturated heterocycles. The molecule has 0 aliphatic heterocycles. The maximum Gasteiger partial charge on any atom is 0.220 e. The number of nitrogens with zero attached hydrogens (tertiary/aromatic N) is 2. The zero-order valence-electron chi connectivity index (χ0n) is 16.2. The Kier molecular flexibility index (Phi) is 7.38. The molecule has 0 saturated carbocycles. The van der Waals surface area contributed by atoms with Crippen LogP contribution in [0.5, 0.6) is 5.75 Å². The summed E-state index contributed by atoms with van der Waals surface area (Å²) in [6.45, 7) is -0.0692. The number of carbonyl (C=O) groups excluding carboxylic acids is 1. The van der Waals surface area contributed by atoms with Gasteiger partial charge < -0.3 is 14.3 Å². The SMILES string of the molecule is COc1ccc(C[C@H](CC(=O)Cc2ccc(Cl)cc2)c2nnc(CCO)o2)cc1. The van der Waals surface area contributed by atoms with Gasteiger partial charge in [-0.05, 0) is 41.8 Å².